The molecule has 0 aliphatic heterocycles. The lowest BCUT2D eigenvalue weighted by Crippen LogP contribution is -2.48. The van der Waals surface area contributed by atoms with Gasteiger partial charge in [0.1, 0.15) is 0 Å². The Bertz CT molecular complexity index is 466. The van der Waals surface area contributed by atoms with Gasteiger partial charge in [0, 0.05) is 17.0 Å². The molecule has 1 amide bonds. The first kappa shape index (κ1) is 16.6. The lowest BCUT2D eigenvalue weighted by Gasteiger charge is -2.33. The molecular weight excluding hydrogens is 305 g/mol. The second kappa shape index (κ2) is 6.84. The number of carbonyl (C=O) groups is 1. The third-order valence-corrected chi connectivity index (χ3v) is 4.63. The molecule has 0 saturated heterocycles. The number of carbonyl (C=O) groups excluding carboxylic acids is 1. The summed E-state index contributed by atoms with van der Waals surface area (Å²) in [6.07, 6.45) is 0. The van der Waals surface area contributed by atoms with Crippen LogP contribution in [0, 0.1) is 0 Å². The molecule has 0 radical (unpaired) electrons. The van der Waals surface area contributed by atoms with Crippen LogP contribution in [0.3, 0.4) is 0 Å². The van der Waals surface area contributed by atoms with Gasteiger partial charge < -0.3 is 10.0 Å². The Morgan fingerprint density at radius 1 is 1.42 bits per heavy atom. The molecule has 1 aromatic rings. The van der Waals surface area contributed by atoms with Crippen LogP contribution >= 0.6 is 35.0 Å². The normalized spacial score (nSPS) is 11.5. The lowest BCUT2D eigenvalue weighted by molar-refractivity contribution is -0.133. The van der Waals surface area contributed by atoms with Crippen LogP contribution in [0.1, 0.15) is 13.8 Å². The Morgan fingerprint density at radius 3 is 2.63 bits per heavy atom. The summed E-state index contributed by atoms with van der Waals surface area (Å²) in [6.45, 7) is 3.53. The summed E-state index contributed by atoms with van der Waals surface area (Å²) >= 11 is 13.3. The third kappa shape index (κ3) is 4.56. The van der Waals surface area contributed by atoms with E-state index >= 15 is 0 Å². The fourth-order valence-electron chi connectivity index (χ4n) is 1.27. The molecule has 106 valence electrons. The van der Waals surface area contributed by atoms with E-state index in [1.165, 1.54) is 11.8 Å². The van der Waals surface area contributed by atoms with Gasteiger partial charge in [0.05, 0.1) is 22.9 Å². The van der Waals surface area contributed by atoms with Crippen molar-refractivity contribution in [3.63, 3.8) is 0 Å². The van der Waals surface area contributed by atoms with Crippen LogP contribution in [0.5, 0.6) is 0 Å². The lowest BCUT2D eigenvalue weighted by atomic mass is 10.1. The minimum Gasteiger partial charge on any atom is -0.394 e. The molecule has 0 aliphatic rings. The fraction of sp³-hybridized carbons (Fsp3) is 0.462. The van der Waals surface area contributed by atoms with E-state index in [9.17, 15) is 9.90 Å². The van der Waals surface area contributed by atoms with Gasteiger partial charge in [-0.3, -0.25) is 4.79 Å². The van der Waals surface area contributed by atoms with Crippen LogP contribution in [0.15, 0.2) is 23.1 Å². The van der Waals surface area contributed by atoms with Crippen LogP contribution in [-0.4, -0.2) is 40.9 Å². The second-order valence-corrected chi connectivity index (χ2v) is 6.65. The molecule has 0 heterocycles. The van der Waals surface area contributed by atoms with E-state index < -0.39 is 5.54 Å². The van der Waals surface area contributed by atoms with Crippen molar-refractivity contribution in [2.75, 3.05) is 19.4 Å². The van der Waals surface area contributed by atoms with Crippen molar-refractivity contribution in [1.82, 2.24) is 4.90 Å². The van der Waals surface area contributed by atoms with Crippen LogP contribution in [0.2, 0.25) is 10.0 Å². The van der Waals surface area contributed by atoms with Crippen molar-refractivity contribution in [2.45, 2.75) is 24.3 Å². The van der Waals surface area contributed by atoms with Crippen molar-refractivity contribution >= 4 is 40.9 Å². The van der Waals surface area contributed by atoms with Crippen molar-refractivity contribution in [3.8, 4) is 0 Å². The van der Waals surface area contributed by atoms with Crippen LogP contribution in [0.4, 0.5) is 0 Å². The molecule has 0 aliphatic carbocycles. The number of aliphatic hydroxyl groups excluding tert-OH is 1. The van der Waals surface area contributed by atoms with Gasteiger partial charge in [-0.25, -0.2) is 0 Å². The molecule has 0 atom stereocenters. The Balaban J connectivity index is 2.67. The zero-order valence-electron chi connectivity index (χ0n) is 11.1. The quantitative estimate of drug-likeness (QED) is 0.846. The molecule has 0 unspecified atom stereocenters. The van der Waals surface area contributed by atoms with E-state index in [-0.39, 0.29) is 18.3 Å². The van der Waals surface area contributed by atoms with E-state index in [2.05, 4.69) is 0 Å². The third-order valence-electron chi connectivity index (χ3n) is 2.91. The van der Waals surface area contributed by atoms with Gasteiger partial charge in [0.2, 0.25) is 5.91 Å². The largest absolute Gasteiger partial charge is 0.394 e. The number of halogens is 2. The molecule has 0 spiro atoms. The highest BCUT2D eigenvalue weighted by molar-refractivity contribution is 8.00. The number of thioether (sulfide) groups is 1. The number of aliphatic hydroxyl groups is 1. The van der Waals surface area contributed by atoms with E-state index in [0.29, 0.717) is 10.0 Å². The number of rotatable bonds is 5. The van der Waals surface area contributed by atoms with Crippen molar-refractivity contribution in [2.24, 2.45) is 0 Å². The molecule has 6 heteroatoms. The first-order valence-electron chi connectivity index (χ1n) is 5.73. The fourth-order valence-corrected chi connectivity index (χ4v) is 2.67. The minimum atomic E-state index is -0.574. The molecule has 1 rings (SSSR count). The van der Waals surface area contributed by atoms with Gasteiger partial charge >= 0.3 is 0 Å². The standard InChI is InChI=1S/C13H17Cl2NO2S/c1-13(2,8-17)16(3)12(18)7-19-11-6-9(14)4-5-10(11)15/h4-6,17H,7-8H2,1-3H3. The Labute approximate surface area is 127 Å². The van der Waals surface area contributed by atoms with Crippen molar-refractivity contribution < 1.29 is 9.90 Å². The number of hydrogen-bond acceptors (Lipinski definition) is 3. The molecule has 19 heavy (non-hydrogen) atoms. The summed E-state index contributed by atoms with van der Waals surface area (Å²) < 4.78 is 0. The molecule has 0 fully saturated rings. The monoisotopic (exact) mass is 321 g/mol. The maximum Gasteiger partial charge on any atom is 0.233 e. The van der Waals surface area contributed by atoms with Gasteiger partial charge in [-0.1, -0.05) is 23.2 Å². The molecular formula is C13H17Cl2NO2S. The first-order valence-corrected chi connectivity index (χ1v) is 7.47. The van der Waals surface area contributed by atoms with Crippen LogP contribution in [-0.2, 0) is 4.79 Å². The average Bonchev–Trinajstić information content (AvgIpc) is 2.38. The minimum absolute atomic E-state index is 0.0694. The number of likely N-dealkylation sites (N-methyl/N-ethyl adjacent to an activating group) is 1. The molecule has 0 aromatic heterocycles. The summed E-state index contributed by atoms with van der Waals surface area (Å²) in [6, 6.07) is 5.15. The SMILES string of the molecule is CN(C(=O)CSc1cc(Cl)ccc1Cl)C(C)(C)CO. The predicted octanol–water partition coefficient (Wildman–Crippen LogP) is 3.31. The van der Waals surface area contributed by atoms with E-state index in [0.717, 1.165) is 4.90 Å². The van der Waals surface area contributed by atoms with Crippen LogP contribution < -0.4 is 0 Å². The summed E-state index contributed by atoms with van der Waals surface area (Å²) in [5.74, 6) is 0.181. The van der Waals surface area contributed by atoms with Crippen LogP contribution in [0.25, 0.3) is 0 Å². The van der Waals surface area contributed by atoms with Gasteiger partial charge in [0.15, 0.2) is 0 Å². The number of nitrogens with zero attached hydrogens (tertiary/aromatic N) is 1. The molecule has 1 aromatic carbocycles. The smallest absolute Gasteiger partial charge is 0.233 e. The second-order valence-electron chi connectivity index (χ2n) is 4.79. The summed E-state index contributed by atoms with van der Waals surface area (Å²) in [7, 11) is 1.68. The predicted molar refractivity (Wildman–Crippen MR) is 81.1 cm³/mol. The Kier molecular flexibility index (Phi) is 5.99. The van der Waals surface area contributed by atoms with Gasteiger partial charge in [-0.2, -0.15) is 0 Å². The topological polar surface area (TPSA) is 40.5 Å². The van der Waals surface area contributed by atoms with Crippen molar-refractivity contribution in [1.29, 1.82) is 0 Å². The van der Waals surface area contributed by atoms with E-state index in [4.69, 9.17) is 23.2 Å². The summed E-state index contributed by atoms with van der Waals surface area (Å²) in [5, 5.41) is 10.4. The zero-order valence-corrected chi connectivity index (χ0v) is 13.4. The summed E-state index contributed by atoms with van der Waals surface area (Å²) in [5.41, 5.74) is -0.574. The zero-order chi connectivity index (χ0) is 14.6. The highest BCUT2D eigenvalue weighted by Crippen LogP contribution is 2.30. The molecule has 1 N–H and O–H groups in total. The highest BCUT2D eigenvalue weighted by atomic mass is 35.5. The van der Waals surface area contributed by atoms with Gasteiger partial charge in [-0.15, -0.1) is 11.8 Å². The molecule has 0 saturated carbocycles. The maximum absolute atomic E-state index is 12.0. The first-order chi connectivity index (χ1) is 8.77. The molecule has 3 nitrogen and oxygen atoms in total. The average molecular weight is 322 g/mol. The summed E-state index contributed by atoms with van der Waals surface area (Å²) in [4.78, 5) is 14.4. The number of amides is 1. The molecule has 0 bridgehead atoms. The van der Waals surface area contributed by atoms with Gasteiger partial charge in [0.25, 0.3) is 0 Å². The Morgan fingerprint density at radius 2 is 2.05 bits per heavy atom. The Hall–Kier alpha value is -0.420. The number of hydrogen-bond donors (Lipinski definition) is 1. The maximum atomic E-state index is 12.0. The number of benzene rings is 1. The van der Waals surface area contributed by atoms with E-state index in [1.54, 1.807) is 30.1 Å². The highest BCUT2D eigenvalue weighted by Gasteiger charge is 2.26. The van der Waals surface area contributed by atoms with E-state index in [1.807, 2.05) is 13.8 Å². The van der Waals surface area contributed by atoms with Gasteiger partial charge in [-0.05, 0) is 32.0 Å². The van der Waals surface area contributed by atoms with Crippen molar-refractivity contribution in [3.05, 3.63) is 28.2 Å².